The third kappa shape index (κ3) is 3.60. The van der Waals surface area contributed by atoms with Gasteiger partial charge in [-0.05, 0) is 38.1 Å². The fourth-order valence-corrected chi connectivity index (χ4v) is 3.74. The lowest BCUT2D eigenvalue weighted by Gasteiger charge is -2.33. The molecule has 20 heavy (non-hydrogen) atoms. The average Bonchev–Trinajstić information content (AvgIpc) is 2.91. The molecule has 1 heterocycles. The fourth-order valence-electron chi connectivity index (χ4n) is 3.74. The van der Waals surface area contributed by atoms with Crippen LogP contribution in [0.2, 0.25) is 0 Å². The van der Waals surface area contributed by atoms with Crippen molar-refractivity contribution >= 4 is 0 Å². The van der Waals surface area contributed by atoms with Crippen LogP contribution in [0.4, 0.5) is 0 Å². The van der Waals surface area contributed by atoms with E-state index in [4.69, 9.17) is 0 Å². The molecule has 1 saturated carbocycles. The quantitative estimate of drug-likeness (QED) is 0.829. The van der Waals surface area contributed by atoms with E-state index in [9.17, 15) is 0 Å². The zero-order valence-electron chi connectivity index (χ0n) is 13.3. The average molecular weight is 278 g/mol. The number of hydrogen-bond acceptors (Lipinski definition) is 3. The molecule has 0 aromatic carbocycles. The topological polar surface area (TPSA) is 42.7 Å². The van der Waals surface area contributed by atoms with Crippen molar-refractivity contribution in [2.24, 2.45) is 11.8 Å². The Balaban J connectivity index is 2.00. The third-order valence-corrected chi connectivity index (χ3v) is 4.77. The van der Waals surface area contributed by atoms with Crippen LogP contribution in [0.1, 0.15) is 70.5 Å². The van der Waals surface area contributed by atoms with Gasteiger partial charge in [0.15, 0.2) is 0 Å². The van der Waals surface area contributed by atoms with Gasteiger partial charge >= 0.3 is 0 Å². The lowest BCUT2D eigenvalue weighted by atomic mass is 9.76. The standard InChI is InChI=1S/C16H30N4/c1-4-6-13-7-9-14(10-8-13)16(17-3)15-12-18-19-20(15)11-5-2/h12-14,16-17H,4-11H2,1-3H3. The molecule has 0 spiro atoms. The maximum Gasteiger partial charge on any atom is 0.0759 e. The maximum absolute atomic E-state index is 4.24. The Bertz CT molecular complexity index is 380. The van der Waals surface area contributed by atoms with E-state index in [1.54, 1.807) is 0 Å². The molecule has 1 aromatic rings. The van der Waals surface area contributed by atoms with Gasteiger partial charge in [0.2, 0.25) is 0 Å². The molecule has 1 aliphatic carbocycles. The van der Waals surface area contributed by atoms with Gasteiger partial charge in [0.25, 0.3) is 0 Å². The molecule has 1 aromatic heterocycles. The number of hydrogen-bond donors (Lipinski definition) is 1. The van der Waals surface area contributed by atoms with E-state index in [0.717, 1.165) is 24.8 Å². The summed E-state index contributed by atoms with van der Waals surface area (Å²) in [5.41, 5.74) is 1.27. The number of aromatic nitrogens is 3. The first-order valence-electron chi connectivity index (χ1n) is 8.35. The molecule has 4 heteroatoms. The highest BCUT2D eigenvalue weighted by molar-refractivity contribution is 5.05. The minimum Gasteiger partial charge on any atom is -0.311 e. The van der Waals surface area contributed by atoms with Crippen molar-refractivity contribution in [3.63, 3.8) is 0 Å². The predicted molar refractivity (Wildman–Crippen MR) is 82.5 cm³/mol. The molecule has 1 fully saturated rings. The Labute approximate surface area is 123 Å². The fraction of sp³-hybridized carbons (Fsp3) is 0.875. The van der Waals surface area contributed by atoms with Crippen molar-refractivity contribution in [2.75, 3.05) is 7.05 Å². The summed E-state index contributed by atoms with van der Waals surface area (Å²) in [5.74, 6) is 1.70. The normalized spacial score (nSPS) is 24.8. The molecule has 0 bridgehead atoms. The molecule has 2 rings (SSSR count). The van der Waals surface area contributed by atoms with Crippen LogP contribution in [0, 0.1) is 11.8 Å². The number of nitrogens with zero attached hydrogens (tertiary/aromatic N) is 3. The highest BCUT2D eigenvalue weighted by Gasteiger charge is 2.29. The molecule has 0 saturated heterocycles. The van der Waals surface area contributed by atoms with Gasteiger partial charge in [-0.15, -0.1) is 5.10 Å². The van der Waals surface area contributed by atoms with Crippen LogP contribution in [-0.2, 0) is 6.54 Å². The predicted octanol–water partition coefficient (Wildman–Crippen LogP) is 3.56. The third-order valence-electron chi connectivity index (χ3n) is 4.77. The molecular weight excluding hydrogens is 248 g/mol. The van der Waals surface area contributed by atoms with E-state index in [1.807, 2.05) is 6.20 Å². The van der Waals surface area contributed by atoms with Crippen LogP contribution in [0.25, 0.3) is 0 Å². The van der Waals surface area contributed by atoms with Gasteiger partial charge < -0.3 is 5.32 Å². The van der Waals surface area contributed by atoms with Gasteiger partial charge in [0.1, 0.15) is 0 Å². The van der Waals surface area contributed by atoms with Crippen LogP contribution in [0.3, 0.4) is 0 Å². The SMILES string of the molecule is CCCC1CCC(C(NC)c2cnnn2CCC)CC1. The van der Waals surface area contributed by atoms with E-state index < -0.39 is 0 Å². The Morgan fingerprint density at radius 3 is 2.60 bits per heavy atom. The minimum absolute atomic E-state index is 0.416. The van der Waals surface area contributed by atoms with Gasteiger partial charge in [-0.2, -0.15) is 0 Å². The van der Waals surface area contributed by atoms with Gasteiger partial charge in [-0.3, -0.25) is 0 Å². The first-order valence-corrected chi connectivity index (χ1v) is 8.35. The van der Waals surface area contributed by atoms with Crippen molar-refractivity contribution in [1.29, 1.82) is 0 Å². The van der Waals surface area contributed by atoms with Crippen molar-refractivity contribution in [2.45, 2.75) is 71.4 Å². The van der Waals surface area contributed by atoms with Crippen molar-refractivity contribution < 1.29 is 0 Å². The molecule has 4 nitrogen and oxygen atoms in total. The molecular formula is C16H30N4. The molecule has 1 N–H and O–H groups in total. The van der Waals surface area contributed by atoms with Crippen LogP contribution < -0.4 is 5.32 Å². The van der Waals surface area contributed by atoms with E-state index in [1.165, 1.54) is 44.2 Å². The first kappa shape index (κ1) is 15.5. The monoisotopic (exact) mass is 278 g/mol. The highest BCUT2D eigenvalue weighted by Crippen LogP contribution is 2.38. The Hall–Kier alpha value is -0.900. The largest absolute Gasteiger partial charge is 0.311 e. The van der Waals surface area contributed by atoms with Crippen molar-refractivity contribution in [3.8, 4) is 0 Å². The Morgan fingerprint density at radius 2 is 2.00 bits per heavy atom. The molecule has 1 unspecified atom stereocenters. The molecule has 1 aliphatic rings. The summed E-state index contributed by atoms with van der Waals surface area (Å²) >= 11 is 0. The van der Waals surface area contributed by atoms with Crippen molar-refractivity contribution in [3.05, 3.63) is 11.9 Å². The van der Waals surface area contributed by atoms with Crippen LogP contribution in [0.15, 0.2) is 6.20 Å². The van der Waals surface area contributed by atoms with Gasteiger partial charge in [0, 0.05) is 6.54 Å². The molecule has 0 amide bonds. The number of aryl methyl sites for hydroxylation is 1. The van der Waals surface area contributed by atoms with Gasteiger partial charge in [0.05, 0.1) is 17.9 Å². The summed E-state index contributed by atoms with van der Waals surface area (Å²) in [7, 11) is 2.08. The Morgan fingerprint density at radius 1 is 1.25 bits per heavy atom. The summed E-state index contributed by atoms with van der Waals surface area (Å²) in [4.78, 5) is 0. The maximum atomic E-state index is 4.24. The van der Waals surface area contributed by atoms with Crippen LogP contribution >= 0.6 is 0 Å². The summed E-state index contributed by atoms with van der Waals surface area (Å²) in [6.07, 6.45) is 11.3. The van der Waals surface area contributed by atoms with E-state index in [-0.39, 0.29) is 0 Å². The zero-order valence-corrected chi connectivity index (χ0v) is 13.3. The lowest BCUT2D eigenvalue weighted by molar-refractivity contribution is 0.213. The van der Waals surface area contributed by atoms with Crippen LogP contribution in [0.5, 0.6) is 0 Å². The van der Waals surface area contributed by atoms with Gasteiger partial charge in [-0.1, -0.05) is 44.7 Å². The Kier molecular flexibility index (Phi) is 6.02. The van der Waals surface area contributed by atoms with E-state index in [0.29, 0.717) is 6.04 Å². The smallest absolute Gasteiger partial charge is 0.0759 e. The second-order valence-corrected chi connectivity index (χ2v) is 6.22. The molecule has 0 aliphatic heterocycles. The number of rotatable bonds is 7. The summed E-state index contributed by atoms with van der Waals surface area (Å²) < 4.78 is 2.08. The summed E-state index contributed by atoms with van der Waals surface area (Å²) in [5, 5.41) is 11.9. The van der Waals surface area contributed by atoms with Crippen LogP contribution in [-0.4, -0.2) is 22.0 Å². The number of nitrogens with one attached hydrogen (secondary N) is 1. The zero-order chi connectivity index (χ0) is 14.4. The first-order chi connectivity index (χ1) is 9.80. The second-order valence-electron chi connectivity index (χ2n) is 6.22. The summed E-state index contributed by atoms with van der Waals surface area (Å²) in [6, 6.07) is 0.416. The highest BCUT2D eigenvalue weighted by atomic mass is 15.4. The van der Waals surface area contributed by atoms with Crippen molar-refractivity contribution in [1.82, 2.24) is 20.3 Å². The molecule has 114 valence electrons. The second kappa shape index (κ2) is 7.77. The minimum atomic E-state index is 0.416. The van der Waals surface area contributed by atoms with Gasteiger partial charge in [-0.25, -0.2) is 4.68 Å². The van der Waals surface area contributed by atoms with E-state index in [2.05, 4.69) is 41.2 Å². The van der Waals surface area contributed by atoms with E-state index >= 15 is 0 Å². The molecule has 0 radical (unpaired) electrons. The molecule has 1 atom stereocenters. The lowest BCUT2D eigenvalue weighted by Crippen LogP contribution is -2.30. The summed E-state index contributed by atoms with van der Waals surface area (Å²) in [6.45, 7) is 5.46.